The highest BCUT2D eigenvalue weighted by Crippen LogP contribution is 2.33. The highest BCUT2D eigenvalue weighted by Gasteiger charge is 2.24. The van der Waals surface area contributed by atoms with Gasteiger partial charge in [0.15, 0.2) is 0 Å². The smallest absolute Gasteiger partial charge is 0.206 e. The van der Waals surface area contributed by atoms with Crippen molar-refractivity contribution in [2.24, 2.45) is 0 Å². The number of hydrogen-bond donors (Lipinski definition) is 2. The number of nitrogens with one attached hydrogen (secondary N) is 1. The molecule has 0 unspecified atom stereocenters. The van der Waals surface area contributed by atoms with Gasteiger partial charge >= 0.3 is 0 Å². The van der Waals surface area contributed by atoms with Gasteiger partial charge in [-0.2, -0.15) is 0 Å². The molecule has 4 nitrogen and oxygen atoms in total. The topological polar surface area (TPSA) is 66.4 Å². The number of benzene rings is 2. The highest BCUT2D eigenvalue weighted by atomic mass is 32.2. The number of fused-ring (bicyclic) bond motifs is 1. The van der Waals surface area contributed by atoms with Crippen LogP contribution in [0.1, 0.15) is 29.9 Å². The minimum Gasteiger partial charge on any atom is -0.395 e. The molecule has 2 aromatic rings. The van der Waals surface area contributed by atoms with Crippen molar-refractivity contribution < 1.29 is 17.9 Å². The van der Waals surface area contributed by atoms with Crippen LogP contribution in [0.4, 0.5) is 4.39 Å². The predicted octanol–water partition coefficient (Wildman–Crippen LogP) is 2.66. The van der Waals surface area contributed by atoms with Crippen molar-refractivity contribution in [3.05, 3.63) is 59.4 Å². The number of hydrogen-bond acceptors (Lipinski definition) is 4. The molecule has 134 valence electrons. The number of rotatable bonds is 6. The van der Waals surface area contributed by atoms with Gasteiger partial charge in [-0.15, -0.1) is 0 Å². The van der Waals surface area contributed by atoms with Crippen LogP contribution in [0.15, 0.2) is 52.3 Å². The summed E-state index contributed by atoms with van der Waals surface area (Å²) in [5, 5.41) is 12.1. The number of sulfone groups is 1. The molecule has 25 heavy (non-hydrogen) atoms. The summed E-state index contributed by atoms with van der Waals surface area (Å²) >= 11 is 0. The van der Waals surface area contributed by atoms with Crippen LogP contribution in [0.25, 0.3) is 0 Å². The molecule has 0 aromatic heterocycles. The molecule has 3 rings (SSSR count). The van der Waals surface area contributed by atoms with E-state index >= 15 is 0 Å². The van der Waals surface area contributed by atoms with Crippen molar-refractivity contribution in [3.8, 4) is 0 Å². The summed E-state index contributed by atoms with van der Waals surface area (Å²) in [6, 6.07) is 10.3. The Morgan fingerprint density at radius 2 is 1.96 bits per heavy atom. The summed E-state index contributed by atoms with van der Waals surface area (Å²) in [5.41, 5.74) is 2.20. The Balaban J connectivity index is 1.90. The van der Waals surface area contributed by atoms with Gasteiger partial charge in [0.2, 0.25) is 9.84 Å². The van der Waals surface area contributed by atoms with Crippen LogP contribution in [0.3, 0.4) is 0 Å². The summed E-state index contributed by atoms with van der Waals surface area (Å²) in [4.78, 5) is 0.185. The quantitative estimate of drug-likeness (QED) is 0.775. The molecule has 1 atom stereocenters. The number of aliphatic hydroxyl groups is 1. The largest absolute Gasteiger partial charge is 0.395 e. The van der Waals surface area contributed by atoms with Crippen LogP contribution >= 0.6 is 0 Å². The second-order valence-corrected chi connectivity index (χ2v) is 8.29. The molecule has 0 fully saturated rings. The maximum atomic E-state index is 13.4. The monoisotopic (exact) mass is 363 g/mol. The molecule has 6 heteroatoms. The van der Waals surface area contributed by atoms with Gasteiger partial charge in [0, 0.05) is 13.1 Å². The zero-order chi connectivity index (χ0) is 17.9. The second-order valence-electron chi connectivity index (χ2n) is 6.34. The number of aliphatic hydroxyl groups excluding tert-OH is 1. The van der Waals surface area contributed by atoms with E-state index in [9.17, 15) is 12.8 Å². The van der Waals surface area contributed by atoms with E-state index in [1.54, 1.807) is 12.1 Å². The van der Waals surface area contributed by atoms with Crippen molar-refractivity contribution in [1.82, 2.24) is 5.32 Å². The second kappa shape index (κ2) is 7.64. The van der Waals surface area contributed by atoms with E-state index in [0.717, 1.165) is 43.0 Å². The third-order valence-corrected chi connectivity index (χ3v) is 6.40. The van der Waals surface area contributed by atoms with E-state index in [-0.39, 0.29) is 16.4 Å². The number of aryl methyl sites for hydroxylation is 1. The molecule has 0 aliphatic heterocycles. The standard InChI is InChI=1S/C19H22FNO3S/c20-16-5-2-6-17(12-16)25(23,24)18-7-8-19-14(11-18)3-1-4-15(19)13-21-9-10-22/h2,5-8,11-12,15,21-22H,1,3-4,9-10,13H2/t15-/m0/s1. The summed E-state index contributed by atoms with van der Waals surface area (Å²) in [7, 11) is -3.72. The molecule has 0 saturated heterocycles. The first-order valence-corrected chi connectivity index (χ1v) is 9.96. The van der Waals surface area contributed by atoms with Gasteiger partial charge in [0.05, 0.1) is 16.4 Å². The fourth-order valence-corrected chi connectivity index (χ4v) is 4.74. The Hall–Kier alpha value is -1.76. The maximum absolute atomic E-state index is 13.4. The lowest BCUT2D eigenvalue weighted by molar-refractivity contribution is 0.290. The lowest BCUT2D eigenvalue weighted by Gasteiger charge is -2.26. The Morgan fingerprint density at radius 1 is 1.16 bits per heavy atom. The van der Waals surface area contributed by atoms with Crippen molar-refractivity contribution in [2.75, 3.05) is 19.7 Å². The van der Waals surface area contributed by atoms with E-state index in [2.05, 4.69) is 5.32 Å². The molecule has 0 heterocycles. The zero-order valence-corrected chi connectivity index (χ0v) is 14.7. The first-order chi connectivity index (χ1) is 12.0. The van der Waals surface area contributed by atoms with E-state index in [1.165, 1.54) is 18.2 Å². The Morgan fingerprint density at radius 3 is 2.72 bits per heavy atom. The van der Waals surface area contributed by atoms with E-state index < -0.39 is 15.7 Å². The summed E-state index contributed by atoms with van der Waals surface area (Å²) in [5.74, 6) is -0.240. The van der Waals surface area contributed by atoms with E-state index in [1.807, 2.05) is 6.07 Å². The van der Waals surface area contributed by atoms with Crippen molar-refractivity contribution in [2.45, 2.75) is 35.0 Å². The first-order valence-electron chi connectivity index (χ1n) is 8.47. The Kier molecular flexibility index (Phi) is 5.51. The molecule has 0 saturated carbocycles. The third-order valence-electron chi connectivity index (χ3n) is 4.65. The molecule has 2 aromatic carbocycles. The van der Waals surface area contributed by atoms with Gasteiger partial charge in [-0.3, -0.25) is 0 Å². The summed E-state index contributed by atoms with van der Waals surface area (Å²) in [6.07, 6.45) is 2.89. The summed E-state index contributed by atoms with van der Waals surface area (Å²) < 4.78 is 38.9. The average molecular weight is 363 g/mol. The molecule has 0 amide bonds. The zero-order valence-electron chi connectivity index (χ0n) is 13.9. The molecule has 0 radical (unpaired) electrons. The van der Waals surface area contributed by atoms with E-state index in [0.29, 0.717) is 12.5 Å². The van der Waals surface area contributed by atoms with Gasteiger partial charge in [0.1, 0.15) is 5.82 Å². The van der Waals surface area contributed by atoms with Crippen LogP contribution in [0.5, 0.6) is 0 Å². The minimum atomic E-state index is -3.72. The van der Waals surface area contributed by atoms with Crippen LogP contribution < -0.4 is 5.32 Å². The Bertz CT molecular complexity index is 851. The fraction of sp³-hybridized carbons (Fsp3) is 0.368. The molecule has 2 N–H and O–H groups in total. The van der Waals surface area contributed by atoms with Gasteiger partial charge in [-0.25, -0.2) is 12.8 Å². The molecular formula is C19H22FNO3S. The number of halogens is 1. The van der Waals surface area contributed by atoms with Crippen LogP contribution in [0.2, 0.25) is 0 Å². The molecule has 1 aliphatic carbocycles. The van der Waals surface area contributed by atoms with Gasteiger partial charge in [-0.1, -0.05) is 12.1 Å². The van der Waals surface area contributed by atoms with Crippen LogP contribution in [0, 0.1) is 5.82 Å². The van der Waals surface area contributed by atoms with Gasteiger partial charge < -0.3 is 10.4 Å². The lowest BCUT2D eigenvalue weighted by Crippen LogP contribution is -2.26. The molecular weight excluding hydrogens is 341 g/mol. The average Bonchev–Trinajstić information content (AvgIpc) is 2.61. The van der Waals surface area contributed by atoms with Gasteiger partial charge in [-0.05, 0) is 66.6 Å². The van der Waals surface area contributed by atoms with Crippen molar-refractivity contribution in [1.29, 1.82) is 0 Å². The van der Waals surface area contributed by atoms with Gasteiger partial charge in [0.25, 0.3) is 0 Å². The molecule has 1 aliphatic rings. The van der Waals surface area contributed by atoms with Crippen molar-refractivity contribution >= 4 is 9.84 Å². The maximum Gasteiger partial charge on any atom is 0.206 e. The Labute approximate surface area is 147 Å². The molecule has 0 bridgehead atoms. The van der Waals surface area contributed by atoms with E-state index in [4.69, 9.17) is 5.11 Å². The normalized spacial score (nSPS) is 17.3. The van der Waals surface area contributed by atoms with Crippen LogP contribution in [-0.4, -0.2) is 33.2 Å². The molecule has 0 spiro atoms. The first kappa shape index (κ1) is 18.0. The minimum absolute atomic E-state index is 0.0237. The predicted molar refractivity (Wildman–Crippen MR) is 93.9 cm³/mol. The lowest BCUT2D eigenvalue weighted by atomic mass is 9.83. The van der Waals surface area contributed by atoms with Crippen molar-refractivity contribution in [3.63, 3.8) is 0 Å². The highest BCUT2D eigenvalue weighted by molar-refractivity contribution is 7.91. The SMILES string of the molecule is O=S(=O)(c1cccc(F)c1)c1ccc2c(c1)CCC[C@H]2CNCCO. The third kappa shape index (κ3) is 3.92. The fourth-order valence-electron chi connectivity index (χ4n) is 3.40. The summed E-state index contributed by atoms with van der Waals surface area (Å²) in [6.45, 7) is 1.42. The van der Waals surface area contributed by atoms with Crippen LogP contribution in [-0.2, 0) is 16.3 Å².